The van der Waals surface area contributed by atoms with Gasteiger partial charge in [-0.2, -0.15) is 0 Å². The Balaban J connectivity index is 1.77. The van der Waals surface area contributed by atoms with Gasteiger partial charge in [0, 0.05) is 0 Å². The third-order valence-electron chi connectivity index (χ3n) is 9.27. The molecule has 1 aliphatic heterocycles. The van der Waals surface area contributed by atoms with E-state index in [4.69, 9.17) is 0 Å². The van der Waals surface area contributed by atoms with Crippen LogP contribution in [-0.2, 0) is 0 Å². The van der Waals surface area contributed by atoms with E-state index in [1.807, 2.05) is 0 Å². The second-order valence-electron chi connectivity index (χ2n) is 12.4. The van der Waals surface area contributed by atoms with Crippen LogP contribution in [0.3, 0.4) is 0 Å². The van der Waals surface area contributed by atoms with Crippen LogP contribution in [0.25, 0.3) is 21.5 Å². The molecular weight excluding hydrogens is 557 g/mol. The minimum Gasteiger partial charge on any atom is -0.0623 e. The maximum absolute atomic E-state index is 2.92. The Morgan fingerprint density at radius 1 is 0.289 bits per heavy atom. The predicted molar refractivity (Wildman–Crippen MR) is 196 cm³/mol. The van der Waals surface area contributed by atoms with Crippen molar-refractivity contribution in [2.75, 3.05) is 0 Å². The van der Waals surface area contributed by atoms with Gasteiger partial charge in [0.05, 0.1) is 0 Å². The second kappa shape index (κ2) is 11.8. The number of allylic oxidation sites excluding steroid dienone is 2. The molecule has 6 aromatic rings. The number of hydrogen-bond acceptors (Lipinski definition) is 0. The minimum atomic E-state index is -2.92. The molecule has 1 aliphatic rings. The van der Waals surface area contributed by atoms with Crippen LogP contribution in [0.4, 0.5) is 0 Å². The lowest BCUT2D eigenvalue weighted by Gasteiger charge is -2.36. The lowest BCUT2D eigenvalue weighted by molar-refractivity contribution is 1.44. The van der Waals surface area contributed by atoms with Crippen LogP contribution in [0.5, 0.6) is 0 Å². The quantitative estimate of drug-likeness (QED) is 0.168. The first kappa shape index (κ1) is 28.8. The van der Waals surface area contributed by atoms with E-state index in [0.29, 0.717) is 0 Å². The SMILES string of the molecule is Cc1ccc(C2=C(c3ccc(C)cc3)[Si](c3ccccc3)(c3ccccc3)C(c3ccc(C)cc3)=C2c2ccc(C)cc2)cc1. The summed E-state index contributed by atoms with van der Waals surface area (Å²) in [6.07, 6.45) is 0. The summed E-state index contributed by atoms with van der Waals surface area (Å²) in [6, 6.07) is 59.7. The molecule has 45 heavy (non-hydrogen) atoms. The summed E-state index contributed by atoms with van der Waals surface area (Å²) in [6.45, 7) is 8.71. The van der Waals surface area contributed by atoms with Gasteiger partial charge < -0.3 is 0 Å². The molecular formula is C44H38Si. The normalized spacial score (nSPS) is 14.2. The van der Waals surface area contributed by atoms with E-state index in [9.17, 15) is 0 Å². The highest BCUT2D eigenvalue weighted by Gasteiger charge is 2.53. The first-order chi connectivity index (χ1) is 22.0. The number of hydrogen-bond donors (Lipinski definition) is 0. The monoisotopic (exact) mass is 594 g/mol. The Morgan fingerprint density at radius 2 is 0.556 bits per heavy atom. The van der Waals surface area contributed by atoms with E-state index in [2.05, 4.69) is 185 Å². The van der Waals surface area contributed by atoms with E-state index in [-0.39, 0.29) is 0 Å². The van der Waals surface area contributed by atoms with Crippen LogP contribution in [0.1, 0.15) is 44.5 Å². The zero-order valence-electron chi connectivity index (χ0n) is 26.5. The average Bonchev–Trinajstić information content (AvgIpc) is 3.39. The molecule has 0 fully saturated rings. The number of rotatable bonds is 6. The molecule has 0 aliphatic carbocycles. The zero-order valence-corrected chi connectivity index (χ0v) is 27.5. The standard InChI is InChI=1S/C44H38Si/c1-31-15-23-35(24-16-31)41-42(36-25-17-32(2)18-26-36)44(38-29-21-34(4)22-30-38)45(39-11-7-5-8-12-39,40-13-9-6-10-14-40)43(41)37-27-19-33(3)20-28-37/h5-30H,1-4H3. The van der Waals surface area contributed by atoms with Crippen molar-refractivity contribution >= 4 is 40.0 Å². The molecule has 218 valence electrons. The summed E-state index contributed by atoms with van der Waals surface area (Å²) >= 11 is 0. The van der Waals surface area contributed by atoms with Crippen LogP contribution in [-0.4, -0.2) is 8.07 Å². The second-order valence-corrected chi connectivity index (χ2v) is 16.1. The van der Waals surface area contributed by atoms with Crippen LogP contribution in [0.2, 0.25) is 0 Å². The Hall–Kier alpha value is -4.98. The van der Waals surface area contributed by atoms with Gasteiger partial charge in [-0.15, -0.1) is 0 Å². The Morgan fingerprint density at radius 3 is 0.844 bits per heavy atom. The molecule has 6 aromatic carbocycles. The zero-order chi connectivity index (χ0) is 31.0. The van der Waals surface area contributed by atoms with Crippen molar-refractivity contribution in [1.29, 1.82) is 0 Å². The molecule has 0 atom stereocenters. The molecule has 0 spiro atoms. The van der Waals surface area contributed by atoms with Crippen molar-refractivity contribution in [3.63, 3.8) is 0 Å². The van der Waals surface area contributed by atoms with Crippen molar-refractivity contribution in [2.24, 2.45) is 0 Å². The summed E-state index contributed by atoms with van der Waals surface area (Å²) in [7, 11) is -2.92. The lowest BCUT2D eigenvalue weighted by atomic mass is 9.88. The summed E-state index contributed by atoms with van der Waals surface area (Å²) in [5.74, 6) is 0. The van der Waals surface area contributed by atoms with Crippen molar-refractivity contribution in [3.05, 3.63) is 202 Å². The third-order valence-corrected chi connectivity index (χ3v) is 14.3. The maximum atomic E-state index is 2.38. The maximum Gasteiger partial charge on any atom is 0.182 e. The fourth-order valence-corrected chi connectivity index (χ4v) is 12.7. The van der Waals surface area contributed by atoms with Gasteiger partial charge in [-0.3, -0.25) is 0 Å². The molecule has 1 heterocycles. The van der Waals surface area contributed by atoms with Crippen LogP contribution >= 0.6 is 0 Å². The van der Waals surface area contributed by atoms with Crippen LogP contribution in [0, 0.1) is 27.7 Å². The average molecular weight is 595 g/mol. The Kier molecular flexibility index (Phi) is 7.57. The highest BCUT2D eigenvalue weighted by molar-refractivity contribution is 7.29. The Bertz CT molecular complexity index is 1860. The van der Waals surface area contributed by atoms with E-state index >= 15 is 0 Å². The largest absolute Gasteiger partial charge is 0.182 e. The third kappa shape index (κ3) is 5.04. The van der Waals surface area contributed by atoms with Crippen molar-refractivity contribution in [1.82, 2.24) is 0 Å². The lowest BCUT2D eigenvalue weighted by Crippen LogP contribution is -2.59. The molecule has 0 aromatic heterocycles. The molecule has 0 N–H and O–H groups in total. The van der Waals surface area contributed by atoms with E-state index < -0.39 is 8.07 Å². The predicted octanol–water partition coefficient (Wildman–Crippen LogP) is 9.80. The molecule has 7 rings (SSSR count). The summed E-state index contributed by atoms with van der Waals surface area (Å²) in [4.78, 5) is 0. The highest BCUT2D eigenvalue weighted by atomic mass is 28.3. The van der Waals surface area contributed by atoms with Crippen LogP contribution in [0.15, 0.2) is 158 Å². The summed E-state index contributed by atoms with van der Waals surface area (Å²) in [5.41, 5.74) is 12.9. The topological polar surface area (TPSA) is 0 Å². The Labute approximate surface area is 269 Å². The smallest absolute Gasteiger partial charge is 0.0623 e. The molecule has 0 nitrogen and oxygen atoms in total. The van der Waals surface area contributed by atoms with E-state index in [0.717, 1.165) is 0 Å². The summed E-state index contributed by atoms with van der Waals surface area (Å²) in [5, 5.41) is 5.70. The molecule has 0 bridgehead atoms. The van der Waals surface area contributed by atoms with Crippen molar-refractivity contribution in [3.8, 4) is 0 Å². The van der Waals surface area contributed by atoms with Gasteiger partial charge in [0.1, 0.15) is 0 Å². The molecule has 1 heteroatoms. The summed E-state index contributed by atoms with van der Waals surface area (Å²) < 4.78 is 0. The molecule has 0 saturated carbocycles. The first-order valence-electron chi connectivity index (χ1n) is 15.9. The molecule has 0 unspecified atom stereocenters. The van der Waals surface area contributed by atoms with Gasteiger partial charge in [-0.05, 0) is 81.9 Å². The van der Waals surface area contributed by atoms with E-state index in [1.165, 1.54) is 76.4 Å². The molecule has 0 radical (unpaired) electrons. The van der Waals surface area contributed by atoms with Crippen LogP contribution < -0.4 is 10.4 Å². The van der Waals surface area contributed by atoms with Crippen molar-refractivity contribution in [2.45, 2.75) is 27.7 Å². The van der Waals surface area contributed by atoms with E-state index in [1.54, 1.807) is 0 Å². The van der Waals surface area contributed by atoms with Gasteiger partial charge in [-0.25, -0.2) is 0 Å². The number of aryl methyl sites for hydroxylation is 4. The van der Waals surface area contributed by atoms with Gasteiger partial charge in [0.2, 0.25) is 0 Å². The van der Waals surface area contributed by atoms with Gasteiger partial charge >= 0.3 is 0 Å². The van der Waals surface area contributed by atoms with Gasteiger partial charge in [0.15, 0.2) is 8.07 Å². The highest BCUT2D eigenvalue weighted by Crippen LogP contribution is 2.55. The van der Waals surface area contributed by atoms with Crippen molar-refractivity contribution < 1.29 is 0 Å². The molecule has 0 amide bonds. The van der Waals surface area contributed by atoms with Gasteiger partial charge in [-0.1, -0.05) is 180 Å². The minimum absolute atomic E-state index is 1.26. The van der Waals surface area contributed by atoms with Gasteiger partial charge in [0.25, 0.3) is 0 Å². The number of benzene rings is 6. The fourth-order valence-electron chi connectivity index (χ4n) is 7.05. The molecule has 0 saturated heterocycles. The first-order valence-corrected chi connectivity index (χ1v) is 17.9. The fraction of sp³-hybridized carbons (Fsp3) is 0.0909.